The minimum atomic E-state index is 0.156. The summed E-state index contributed by atoms with van der Waals surface area (Å²) in [6, 6.07) is 0.156. The van der Waals surface area contributed by atoms with Crippen molar-refractivity contribution in [1.82, 2.24) is 0 Å². The zero-order valence-corrected chi connectivity index (χ0v) is 6.77. The van der Waals surface area contributed by atoms with Crippen molar-refractivity contribution in [3.8, 4) is 0 Å². The second-order valence-corrected chi connectivity index (χ2v) is 3.14. The molecular formula is C8H14NO+. The third kappa shape index (κ3) is 1.27. The highest BCUT2D eigenvalue weighted by Gasteiger charge is 2.24. The molecule has 1 aliphatic rings. The highest BCUT2D eigenvalue weighted by molar-refractivity contribution is 5.94. The van der Waals surface area contributed by atoms with Gasteiger partial charge in [-0.3, -0.25) is 4.79 Å². The van der Waals surface area contributed by atoms with Crippen LogP contribution in [0.25, 0.3) is 0 Å². The highest BCUT2D eigenvalue weighted by Crippen LogP contribution is 1.96. The van der Waals surface area contributed by atoms with E-state index in [0.717, 1.165) is 6.54 Å². The predicted octanol–water partition coefficient (Wildman–Crippen LogP) is -0.581. The van der Waals surface area contributed by atoms with Gasteiger partial charge in [-0.2, -0.15) is 0 Å². The van der Waals surface area contributed by atoms with Gasteiger partial charge in [0, 0.05) is 0 Å². The summed E-state index contributed by atoms with van der Waals surface area (Å²) < 4.78 is 0. The van der Waals surface area contributed by atoms with Gasteiger partial charge in [0.05, 0.1) is 13.6 Å². The first kappa shape index (κ1) is 7.48. The summed E-state index contributed by atoms with van der Waals surface area (Å²) in [5.74, 6) is 0.265. The summed E-state index contributed by atoms with van der Waals surface area (Å²) in [5.41, 5.74) is 1.20. The Morgan fingerprint density at radius 3 is 2.80 bits per heavy atom. The lowest BCUT2D eigenvalue weighted by Gasteiger charge is -2.23. The van der Waals surface area contributed by atoms with E-state index in [1.807, 2.05) is 13.8 Å². The van der Waals surface area contributed by atoms with E-state index < -0.39 is 0 Å². The largest absolute Gasteiger partial charge is 0.325 e. The van der Waals surface area contributed by atoms with Crippen LogP contribution in [0.1, 0.15) is 13.8 Å². The molecule has 0 fully saturated rings. The average molecular weight is 140 g/mol. The molecule has 0 aliphatic carbocycles. The quantitative estimate of drug-likeness (QED) is 0.477. The molecule has 2 unspecified atom stereocenters. The maximum atomic E-state index is 11.1. The number of rotatable bonds is 0. The molecule has 0 amide bonds. The normalized spacial score (nSPS) is 33.9. The molecule has 1 N–H and O–H groups in total. The standard InChI is InChI=1S/C8H13NO/c1-6-4-8(10)7(2)9(3)5-6/h4,7H,5H2,1-3H3/p+1. The predicted molar refractivity (Wildman–Crippen MR) is 40.0 cm³/mol. The Hall–Kier alpha value is -0.630. The van der Waals surface area contributed by atoms with E-state index >= 15 is 0 Å². The summed E-state index contributed by atoms with van der Waals surface area (Å²) in [6.45, 7) is 4.99. The average Bonchev–Trinajstić information content (AvgIpc) is 1.82. The van der Waals surface area contributed by atoms with Crippen LogP contribution < -0.4 is 4.90 Å². The molecule has 1 rings (SSSR count). The van der Waals surface area contributed by atoms with Crippen LogP contribution in [-0.4, -0.2) is 25.4 Å². The van der Waals surface area contributed by atoms with Crippen molar-refractivity contribution >= 4 is 5.78 Å². The molecule has 1 heterocycles. The monoisotopic (exact) mass is 140 g/mol. The number of hydrogen-bond donors (Lipinski definition) is 1. The molecule has 1 aliphatic heterocycles. The number of quaternary nitrogens is 1. The molecule has 2 nitrogen and oxygen atoms in total. The molecule has 0 bridgehead atoms. The van der Waals surface area contributed by atoms with Crippen LogP contribution in [0.2, 0.25) is 0 Å². The minimum absolute atomic E-state index is 0.156. The van der Waals surface area contributed by atoms with Gasteiger partial charge in [0.25, 0.3) is 0 Å². The Balaban J connectivity index is 2.79. The van der Waals surface area contributed by atoms with Crippen molar-refractivity contribution in [2.45, 2.75) is 19.9 Å². The van der Waals surface area contributed by atoms with Crippen molar-refractivity contribution in [1.29, 1.82) is 0 Å². The summed E-state index contributed by atoms with van der Waals surface area (Å²) in [5, 5.41) is 0. The van der Waals surface area contributed by atoms with Crippen LogP contribution in [0.4, 0.5) is 0 Å². The third-order valence-corrected chi connectivity index (χ3v) is 2.11. The fraction of sp³-hybridized carbons (Fsp3) is 0.625. The fourth-order valence-corrected chi connectivity index (χ4v) is 1.25. The number of likely N-dealkylation sites (N-methyl/N-ethyl adjacent to an activating group) is 1. The molecule has 0 saturated heterocycles. The smallest absolute Gasteiger partial charge is 0.212 e. The molecule has 0 aromatic rings. The van der Waals surface area contributed by atoms with Crippen molar-refractivity contribution in [2.24, 2.45) is 0 Å². The van der Waals surface area contributed by atoms with E-state index in [9.17, 15) is 4.79 Å². The lowest BCUT2D eigenvalue weighted by atomic mass is 10.1. The van der Waals surface area contributed by atoms with E-state index in [2.05, 4.69) is 7.05 Å². The number of carbonyl (C=O) groups is 1. The van der Waals surface area contributed by atoms with Crippen molar-refractivity contribution in [3.05, 3.63) is 11.6 Å². The van der Waals surface area contributed by atoms with Crippen LogP contribution in [0.5, 0.6) is 0 Å². The molecule has 10 heavy (non-hydrogen) atoms. The van der Waals surface area contributed by atoms with Gasteiger partial charge in [-0.1, -0.05) is 0 Å². The number of ketones is 1. The Bertz CT molecular complexity index is 184. The number of hydrogen-bond acceptors (Lipinski definition) is 1. The molecule has 0 spiro atoms. The van der Waals surface area contributed by atoms with Crippen LogP contribution >= 0.6 is 0 Å². The molecule has 0 aromatic carbocycles. The lowest BCUT2D eigenvalue weighted by molar-refractivity contribution is -0.890. The van der Waals surface area contributed by atoms with Gasteiger partial charge in [-0.25, -0.2) is 0 Å². The number of carbonyl (C=O) groups excluding carboxylic acids is 1. The van der Waals surface area contributed by atoms with Crippen LogP contribution in [0.3, 0.4) is 0 Å². The Morgan fingerprint density at radius 1 is 1.70 bits per heavy atom. The van der Waals surface area contributed by atoms with Crippen molar-refractivity contribution in [3.63, 3.8) is 0 Å². The molecule has 0 aromatic heterocycles. The van der Waals surface area contributed by atoms with E-state index in [4.69, 9.17) is 0 Å². The van der Waals surface area contributed by atoms with Crippen LogP contribution in [-0.2, 0) is 4.79 Å². The van der Waals surface area contributed by atoms with Gasteiger partial charge < -0.3 is 4.90 Å². The van der Waals surface area contributed by atoms with Gasteiger partial charge in [-0.15, -0.1) is 0 Å². The molecule has 2 atom stereocenters. The maximum Gasteiger partial charge on any atom is 0.212 e. The molecule has 56 valence electrons. The summed E-state index contributed by atoms with van der Waals surface area (Å²) in [4.78, 5) is 12.4. The minimum Gasteiger partial charge on any atom is -0.325 e. The van der Waals surface area contributed by atoms with Gasteiger partial charge in [-0.05, 0) is 25.5 Å². The van der Waals surface area contributed by atoms with Crippen LogP contribution in [0.15, 0.2) is 11.6 Å². The first-order valence-corrected chi connectivity index (χ1v) is 3.64. The molecule has 0 radical (unpaired) electrons. The van der Waals surface area contributed by atoms with E-state index in [-0.39, 0.29) is 11.8 Å². The Morgan fingerprint density at radius 2 is 2.30 bits per heavy atom. The van der Waals surface area contributed by atoms with Gasteiger partial charge in [0.2, 0.25) is 5.78 Å². The second kappa shape index (κ2) is 2.54. The molecule has 0 saturated carbocycles. The zero-order valence-electron chi connectivity index (χ0n) is 6.77. The third-order valence-electron chi connectivity index (χ3n) is 2.11. The van der Waals surface area contributed by atoms with Crippen molar-refractivity contribution in [2.75, 3.05) is 13.6 Å². The second-order valence-electron chi connectivity index (χ2n) is 3.14. The fourth-order valence-electron chi connectivity index (χ4n) is 1.25. The zero-order chi connectivity index (χ0) is 7.72. The maximum absolute atomic E-state index is 11.1. The topological polar surface area (TPSA) is 21.5 Å². The Kier molecular flexibility index (Phi) is 1.90. The van der Waals surface area contributed by atoms with E-state index in [1.54, 1.807) is 6.08 Å². The summed E-state index contributed by atoms with van der Waals surface area (Å²) in [7, 11) is 2.05. The number of nitrogens with one attached hydrogen (secondary N) is 1. The van der Waals surface area contributed by atoms with E-state index in [1.165, 1.54) is 10.5 Å². The van der Waals surface area contributed by atoms with Crippen LogP contribution in [0, 0.1) is 0 Å². The molecular weight excluding hydrogens is 126 g/mol. The first-order valence-electron chi connectivity index (χ1n) is 3.64. The lowest BCUT2D eigenvalue weighted by Crippen LogP contribution is -3.14. The highest BCUT2D eigenvalue weighted by atomic mass is 16.1. The SMILES string of the molecule is CC1=CC(=O)C(C)[NH+](C)C1. The summed E-state index contributed by atoms with van der Waals surface area (Å²) in [6.07, 6.45) is 1.76. The van der Waals surface area contributed by atoms with Crippen molar-refractivity contribution < 1.29 is 9.69 Å². The van der Waals surface area contributed by atoms with E-state index in [0.29, 0.717) is 0 Å². The van der Waals surface area contributed by atoms with Gasteiger partial charge >= 0.3 is 0 Å². The molecule has 2 heteroatoms. The first-order chi connectivity index (χ1) is 4.61. The summed E-state index contributed by atoms with van der Waals surface area (Å²) >= 11 is 0. The van der Waals surface area contributed by atoms with Gasteiger partial charge in [0.1, 0.15) is 6.04 Å². The Labute approximate surface area is 61.5 Å². The van der Waals surface area contributed by atoms with Gasteiger partial charge in [0.15, 0.2) is 0 Å².